The minimum Gasteiger partial charge on any atom is -0.544 e. The third kappa shape index (κ3) is 38.8. The molecule has 0 aliphatic carbocycles. The molecule has 2 unspecified atom stereocenters. The molecule has 336 valence electrons. The van der Waals surface area contributed by atoms with Crippen LogP contribution in [0.5, 0.6) is 0 Å². The van der Waals surface area contributed by atoms with Crippen molar-refractivity contribution in [3.8, 4) is 0 Å². The minimum absolute atomic E-state index is 0.0319. The van der Waals surface area contributed by atoms with Crippen LogP contribution >= 0.6 is 0 Å². The van der Waals surface area contributed by atoms with E-state index in [2.05, 4.69) is 56.4 Å². The van der Waals surface area contributed by atoms with E-state index in [9.17, 15) is 19.5 Å². The van der Waals surface area contributed by atoms with Gasteiger partial charge in [-0.1, -0.05) is 172 Å². The monoisotopic (exact) mass is 816 g/mol. The molecule has 0 amide bonds. The summed E-state index contributed by atoms with van der Waals surface area (Å²) in [5.41, 5.74) is 0. The normalized spacial score (nSPS) is 13.3. The Bertz CT molecular complexity index is 1090. The van der Waals surface area contributed by atoms with E-state index in [1.54, 1.807) is 21.1 Å². The van der Waals surface area contributed by atoms with E-state index in [0.717, 1.165) is 64.2 Å². The van der Waals surface area contributed by atoms with Gasteiger partial charge in [0.25, 0.3) is 0 Å². The largest absolute Gasteiger partial charge is 0.544 e. The van der Waals surface area contributed by atoms with Crippen molar-refractivity contribution in [3.63, 3.8) is 0 Å². The Kier molecular flexibility index (Phi) is 39.1. The molecule has 0 saturated heterocycles. The molecule has 8 heteroatoms. The number of unbranched alkanes of at least 4 members (excludes halogenated alkanes) is 22. The summed E-state index contributed by atoms with van der Waals surface area (Å²) in [4.78, 5) is 36.9. The van der Waals surface area contributed by atoms with Crippen molar-refractivity contribution in [1.82, 2.24) is 0 Å². The van der Waals surface area contributed by atoms with Gasteiger partial charge in [-0.05, 0) is 57.8 Å². The van der Waals surface area contributed by atoms with Crippen molar-refractivity contribution in [1.29, 1.82) is 0 Å². The maximum Gasteiger partial charge on any atom is 0.306 e. The number of quaternary nitrogens is 1. The van der Waals surface area contributed by atoms with Gasteiger partial charge in [0, 0.05) is 19.3 Å². The van der Waals surface area contributed by atoms with E-state index in [-0.39, 0.29) is 42.7 Å². The quantitative estimate of drug-likeness (QED) is 0.0199. The number of hydrogen-bond donors (Lipinski definition) is 0. The second-order valence-corrected chi connectivity index (χ2v) is 17.0. The number of carbonyl (C=O) groups excluding carboxylic acids is 3. The molecule has 0 radical (unpaired) electrons. The fourth-order valence-corrected chi connectivity index (χ4v) is 6.83. The summed E-state index contributed by atoms with van der Waals surface area (Å²) in [6, 6.07) is -0.730. The molecule has 0 fully saturated rings. The van der Waals surface area contributed by atoms with E-state index in [0.29, 0.717) is 12.8 Å². The molecular formula is C50H89NO7. The Morgan fingerprint density at radius 2 is 0.983 bits per heavy atom. The van der Waals surface area contributed by atoms with E-state index >= 15 is 0 Å². The lowest BCUT2D eigenvalue weighted by atomic mass is 10.1. The van der Waals surface area contributed by atoms with Crippen LogP contribution in [-0.2, 0) is 28.6 Å². The number of hydrogen-bond acceptors (Lipinski definition) is 7. The summed E-state index contributed by atoms with van der Waals surface area (Å²) in [6.07, 6.45) is 48.6. The Labute approximate surface area is 356 Å². The van der Waals surface area contributed by atoms with Crippen molar-refractivity contribution in [2.45, 2.75) is 212 Å². The summed E-state index contributed by atoms with van der Waals surface area (Å²) >= 11 is 0. The molecule has 0 rings (SSSR count). The zero-order valence-corrected chi connectivity index (χ0v) is 38.2. The zero-order valence-electron chi connectivity index (χ0n) is 38.2. The molecule has 0 spiro atoms. The molecule has 0 aliphatic rings. The van der Waals surface area contributed by atoms with Crippen molar-refractivity contribution < 1.29 is 38.2 Å². The van der Waals surface area contributed by atoms with Gasteiger partial charge < -0.3 is 28.6 Å². The summed E-state index contributed by atoms with van der Waals surface area (Å²) in [6.45, 7) is 4.51. The number of carboxylic acid groups (broad SMARTS) is 1. The van der Waals surface area contributed by atoms with Crippen LogP contribution in [0.25, 0.3) is 0 Å². The first kappa shape index (κ1) is 55.3. The van der Waals surface area contributed by atoms with Crippen molar-refractivity contribution in [3.05, 3.63) is 48.6 Å². The Morgan fingerprint density at radius 1 is 0.534 bits per heavy atom. The molecule has 0 bridgehead atoms. The number of rotatable bonds is 42. The molecule has 0 aliphatic heterocycles. The van der Waals surface area contributed by atoms with Crippen LogP contribution in [0.1, 0.15) is 200 Å². The highest BCUT2D eigenvalue weighted by atomic mass is 16.6. The van der Waals surface area contributed by atoms with Crippen LogP contribution in [0.3, 0.4) is 0 Å². The maximum atomic E-state index is 12.7. The Hall–Kier alpha value is -2.71. The summed E-state index contributed by atoms with van der Waals surface area (Å²) < 4.78 is 17.2. The van der Waals surface area contributed by atoms with Crippen molar-refractivity contribution >= 4 is 17.9 Å². The highest BCUT2D eigenvalue weighted by Gasteiger charge is 2.25. The predicted octanol–water partition coefficient (Wildman–Crippen LogP) is 11.9. The molecule has 0 saturated carbocycles. The van der Waals surface area contributed by atoms with Crippen LogP contribution in [0.4, 0.5) is 0 Å². The molecule has 8 nitrogen and oxygen atoms in total. The number of likely N-dealkylation sites (N-methyl/N-ethyl adjacent to an activating group) is 1. The van der Waals surface area contributed by atoms with Crippen LogP contribution in [0.15, 0.2) is 48.6 Å². The van der Waals surface area contributed by atoms with Gasteiger partial charge in [0.2, 0.25) is 0 Å². The lowest BCUT2D eigenvalue weighted by Crippen LogP contribution is -2.55. The third-order valence-corrected chi connectivity index (χ3v) is 10.5. The smallest absolute Gasteiger partial charge is 0.306 e. The molecule has 2 atom stereocenters. The molecule has 0 aromatic carbocycles. The average molecular weight is 816 g/mol. The summed E-state index contributed by atoms with van der Waals surface area (Å²) in [7, 11) is 5.40. The van der Waals surface area contributed by atoms with Crippen molar-refractivity contribution in [2.24, 2.45) is 0 Å². The van der Waals surface area contributed by atoms with E-state index in [4.69, 9.17) is 14.2 Å². The van der Waals surface area contributed by atoms with Gasteiger partial charge in [-0.25, -0.2) is 0 Å². The molecule has 0 aromatic heterocycles. The highest BCUT2D eigenvalue weighted by molar-refractivity contribution is 5.70. The standard InChI is InChI=1S/C50H89NO7/c1-6-8-10-12-14-16-18-20-21-22-23-24-25-26-27-29-31-33-35-37-39-41-49(53)58-46(44-56-43-42-47(50(54)55)51(3,4)5)45-57-48(52)40-38-36-34-32-30-28-19-17-15-13-11-9-7-2/h9,11,13,15,17,19,24-25,46-47H,6-8,10,12,14,16,18,20-23,26-45H2,1-5H3/b11-9+,15-13+,19-17+,25-24+. The minimum atomic E-state index is -1.13. The lowest BCUT2D eigenvalue weighted by molar-refractivity contribution is -0.889. The fraction of sp³-hybridized carbons (Fsp3) is 0.780. The Morgan fingerprint density at radius 3 is 1.47 bits per heavy atom. The van der Waals surface area contributed by atoms with Crippen LogP contribution in [-0.4, -0.2) is 75.5 Å². The van der Waals surface area contributed by atoms with Gasteiger partial charge in [0.15, 0.2) is 6.10 Å². The number of allylic oxidation sites excluding steroid dienone is 8. The number of carboxylic acids is 1. The maximum absolute atomic E-state index is 12.7. The van der Waals surface area contributed by atoms with E-state index in [1.807, 2.05) is 6.08 Å². The Balaban J connectivity index is 4.28. The number of ether oxygens (including phenoxy) is 3. The topological polar surface area (TPSA) is 102 Å². The first-order valence-corrected chi connectivity index (χ1v) is 23.7. The molecular weight excluding hydrogens is 727 g/mol. The number of carbonyl (C=O) groups is 3. The van der Waals surface area contributed by atoms with Gasteiger partial charge in [0.1, 0.15) is 12.6 Å². The van der Waals surface area contributed by atoms with E-state index in [1.165, 1.54) is 103 Å². The number of esters is 2. The lowest BCUT2D eigenvalue weighted by Gasteiger charge is -2.34. The van der Waals surface area contributed by atoms with Gasteiger partial charge >= 0.3 is 11.9 Å². The average Bonchev–Trinajstić information content (AvgIpc) is 3.18. The van der Waals surface area contributed by atoms with Gasteiger partial charge in [-0.15, -0.1) is 0 Å². The molecule has 58 heavy (non-hydrogen) atoms. The van der Waals surface area contributed by atoms with Gasteiger partial charge in [-0.3, -0.25) is 9.59 Å². The van der Waals surface area contributed by atoms with Gasteiger partial charge in [-0.2, -0.15) is 0 Å². The first-order chi connectivity index (χ1) is 28.1. The summed E-state index contributed by atoms with van der Waals surface area (Å²) in [5.74, 6) is -1.77. The molecule has 0 N–H and O–H groups in total. The second-order valence-electron chi connectivity index (χ2n) is 17.0. The third-order valence-electron chi connectivity index (χ3n) is 10.5. The van der Waals surface area contributed by atoms with Crippen LogP contribution < -0.4 is 5.11 Å². The van der Waals surface area contributed by atoms with Crippen LogP contribution in [0.2, 0.25) is 0 Å². The van der Waals surface area contributed by atoms with Crippen LogP contribution in [0, 0.1) is 0 Å². The van der Waals surface area contributed by atoms with Crippen molar-refractivity contribution in [2.75, 3.05) is 41.0 Å². The van der Waals surface area contributed by atoms with E-state index < -0.39 is 18.1 Å². The van der Waals surface area contributed by atoms with Gasteiger partial charge in [0.05, 0.1) is 40.3 Å². The SMILES string of the molecule is CC/C=C/C=C/C=C/CCCCCCCC(=O)OCC(COCCC(C(=O)[O-])[N+](C)(C)C)OC(=O)CCCCCCCCC/C=C/CCCCCCCCCCCC. The number of aliphatic carboxylic acids is 1. The fourth-order valence-electron chi connectivity index (χ4n) is 6.83. The zero-order chi connectivity index (χ0) is 42.8. The predicted molar refractivity (Wildman–Crippen MR) is 240 cm³/mol. The first-order valence-electron chi connectivity index (χ1n) is 23.7. The molecule has 0 heterocycles. The highest BCUT2D eigenvalue weighted by Crippen LogP contribution is 2.15. The second kappa shape index (κ2) is 41.0. The summed E-state index contributed by atoms with van der Waals surface area (Å²) in [5, 5.41) is 11.6. The molecule has 0 aromatic rings. The number of nitrogens with zero attached hydrogens (tertiary/aromatic N) is 1.